The summed E-state index contributed by atoms with van der Waals surface area (Å²) in [6, 6.07) is 16.5. The molecule has 3 fully saturated rings. The van der Waals surface area contributed by atoms with Crippen molar-refractivity contribution in [1.29, 1.82) is 0 Å². The lowest BCUT2D eigenvalue weighted by Gasteiger charge is -2.42. The molecule has 0 unspecified atom stereocenters. The summed E-state index contributed by atoms with van der Waals surface area (Å²) in [4.78, 5) is 17.3. The van der Waals surface area contributed by atoms with Crippen LogP contribution in [-0.2, 0) is 5.41 Å². The molecule has 5 rings (SSSR count). The first-order valence-electron chi connectivity index (χ1n) is 12.9. The molecular weight excluding hydrogens is 446 g/mol. The lowest BCUT2D eigenvalue weighted by molar-refractivity contribution is 0.156. The predicted octanol–water partition coefficient (Wildman–Crippen LogP) is 5.99. The van der Waals surface area contributed by atoms with Crippen molar-refractivity contribution in [2.45, 2.75) is 62.8 Å². The SMILES string of the molecule is NCC1(c2cccc(Cl)c2)CCC(N2CCN(c3ccc(OCC4CCCC4)cc3)C2=O)CC1. The number of benzene rings is 2. The molecule has 0 atom stereocenters. The zero-order valence-electron chi connectivity index (χ0n) is 19.9. The van der Waals surface area contributed by atoms with E-state index < -0.39 is 0 Å². The summed E-state index contributed by atoms with van der Waals surface area (Å²) in [6.45, 7) is 2.91. The first kappa shape index (κ1) is 23.5. The molecule has 2 aliphatic carbocycles. The Labute approximate surface area is 208 Å². The van der Waals surface area contributed by atoms with Gasteiger partial charge in [0.05, 0.1) is 6.61 Å². The Kier molecular flexibility index (Phi) is 7.03. The van der Waals surface area contributed by atoms with Crippen LogP contribution in [0.1, 0.15) is 56.9 Å². The molecule has 2 saturated carbocycles. The van der Waals surface area contributed by atoms with E-state index in [0.717, 1.165) is 61.8 Å². The zero-order chi connectivity index (χ0) is 23.5. The number of carbonyl (C=O) groups is 1. The van der Waals surface area contributed by atoms with Gasteiger partial charge in [-0.3, -0.25) is 4.90 Å². The van der Waals surface area contributed by atoms with Gasteiger partial charge in [0, 0.05) is 41.8 Å². The molecule has 2 aromatic rings. The summed E-state index contributed by atoms with van der Waals surface area (Å²) in [5.74, 6) is 1.59. The second-order valence-corrected chi connectivity index (χ2v) is 10.7. The maximum absolute atomic E-state index is 13.3. The fourth-order valence-electron chi connectivity index (χ4n) is 6.14. The number of nitrogens with zero attached hydrogens (tertiary/aromatic N) is 2. The molecule has 0 radical (unpaired) electrons. The third kappa shape index (κ3) is 4.78. The van der Waals surface area contributed by atoms with Crippen LogP contribution in [0, 0.1) is 5.92 Å². The fourth-order valence-corrected chi connectivity index (χ4v) is 6.33. The molecule has 0 bridgehead atoms. The van der Waals surface area contributed by atoms with Crippen molar-refractivity contribution in [3.63, 3.8) is 0 Å². The van der Waals surface area contributed by atoms with Crippen LogP contribution >= 0.6 is 11.6 Å². The van der Waals surface area contributed by atoms with Gasteiger partial charge in [-0.15, -0.1) is 0 Å². The van der Waals surface area contributed by atoms with Gasteiger partial charge in [0.2, 0.25) is 0 Å². The highest BCUT2D eigenvalue weighted by molar-refractivity contribution is 6.30. The molecule has 1 heterocycles. The quantitative estimate of drug-likeness (QED) is 0.528. The highest BCUT2D eigenvalue weighted by atomic mass is 35.5. The number of anilines is 1. The van der Waals surface area contributed by atoms with Gasteiger partial charge >= 0.3 is 6.03 Å². The van der Waals surface area contributed by atoms with Crippen LogP contribution in [0.3, 0.4) is 0 Å². The summed E-state index contributed by atoms with van der Waals surface area (Å²) in [7, 11) is 0. The van der Waals surface area contributed by atoms with E-state index in [-0.39, 0.29) is 17.5 Å². The van der Waals surface area contributed by atoms with Gasteiger partial charge in [0.1, 0.15) is 5.75 Å². The van der Waals surface area contributed by atoms with Crippen LogP contribution in [0.25, 0.3) is 0 Å². The summed E-state index contributed by atoms with van der Waals surface area (Å²) >= 11 is 6.26. The van der Waals surface area contributed by atoms with Gasteiger partial charge < -0.3 is 15.4 Å². The number of nitrogens with two attached hydrogens (primary N) is 1. The molecule has 1 aliphatic heterocycles. The third-order valence-electron chi connectivity index (χ3n) is 8.33. The van der Waals surface area contributed by atoms with E-state index in [2.05, 4.69) is 17.0 Å². The third-order valence-corrected chi connectivity index (χ3v) is 8.57. The number of ether oxygens (including phenoxy) is 1. The molecule has 0 aromatic heterocycles. The lowest BCUT2D eigenvalue weighted by atomic mass is 9.68. The molecule has 3 aliphatic rings. The topological polar surface area (TPSA) is 58.8 Å². The van der Waals surface area contributed by atoms with E-state index in [9.17, 15) is 4.79 Å². The van der Waals surface area contributed by atoms with E-state index in [1.54, 1.807) is 0 Å². The number of hydrogen-bond acceptors (Lipinski definition) is 3. The van der Waals surface area contributed by atoms with E-state index in [1.165, 1.54) is 31.2 Å². The zero-order valence-corrected chi connectivity index (χ0v) is 20.7. The molecule has 5 nitrogen and oxygen atoms in total. The van der Waals surface area contributed by atoms with Crippen molar-refractivity contribution in [3.8, 4) is 5.75 Å². The Bertz CT molecular complexity index is 981. The van der Waals surface area contributed by atoms with Crippen molar-refractivity contribution >= 4 is 23.3 Å². The molecule has 6 heteroatoms. The predicted molar refractivity (Wildman–Crippen MR) is 138 cm³/mol. The second kappa shape index (κ2) is 10.2. The van der Waals surface area contributed by atoms with Crippen molar-refractivity contribution in [1.82, 2.24) is 4.90 Å². The van der Waals surface area contributed by atoms with Gasteiger partial charge in [0.15, 0.2) is 0 Å². The van der Waals surface area contributed by atoms with Gasteiger partial charge in [-0.05, 0) is 86.4 Å². The van der Waals surface area contributed by atoms with Crippen molar-refractivity contribution in [2.75, 3.05) is 31.1 Å². The van der Waals surface area contributed by atoms with Gasteiger partial charge in [0.25, 0.3) is 0 Å². The number of carbonyl (C=O) groups excluding carboxylic acids is 1. The summed E-state index contributed by atoms with van der Waals surface area (Å²) in [5.41, 5.74) is 8.41. The minimum atomic E-state index is -0.0435. The molecule has 1 saturated heterocycles. The van der Waals surface area contributed by atoms with Crippen LogP contribution in [0.4, 0.5) is 10.5 Å². The molecule has 0 spiro atoms. The second-order valence-electron chi connectivity index (χ2n) is 10.3. The first-order chi connectivity index (χ1) is 16.6. The average Bonchev–Trinajstić information content (AvgIpc) is 3.53. The van der Waals surface area contributed by atoms with E-state index in [0.29, 0.717) is 12.5 Å². The van der Waals surface area contributed by atoms with Crippen molar-refractivity contribution in [3.05, 3.63) is 59.1 Å². The summed E-state index contributed by atoms with van der Waals surface area (Å²) in [6.07, 6.45) is 9.11. The Hall–Kier alpha value is -2.24. The van der Waals surface area contributed by atoms with Crippen molar-refractivity contribution in [2.24, 2.45) is 11.7 Å². The average molecular weight is 482 g/mol. The van der Waals surface area contributed by atoms with Gasteiger partial charge in [-0.2, -0.15) is 0 Å². The van der Waals surface area contributed by atoms with Crippen LogP contribution < -0.4 is 15.4 Å². The summed E-state index contributed by atoms with van der Waals surface area (Å²) in [5, 5.41) is 0.757. The molecule has 2 amide bonds. The van der Waals surface area contributed by atoms with Crippen LogP contribution in [-0.4, -0.2) is 43.2 Å². The Balaban J connectivity index is 1.18. The monoisotopic (exact) mass is 481 g/mol. The molecule has 182 valence electrons. The Morgan fingerprint density at radius 3 is 2.41 bits per heavy atom. The molecule has 2 N–H and O–H groups in total. The molecular formula is C28H36ClN3O2. The minimum absolute atomic E-state index is 0.0435. The van der Waals surface area contributed by atoms with E-state index in [4.69, 9.17) is 22.1 Å². The first-order valence-corrected chi connectivity index (χ1v) is 13.2. The summed E-state index contributed by atoms with van der Waals surface area (Å²) < 4.78 is 5.99. The number of hydrogen-bond donors (Lipinski definition) is 1. The highest BCUT2D eigenvalue weighted by Gasteiger charge is 2.41. The van der Waals surface area contributed by atoms with Gasteiger partial charge in [-0.25, -0.2) is 4.79 Å². The Morgan fingerprint density at radius 1 is 1.00 bits per heavy atom. The molecule has 34 heavy (non-hydrogen) atoms. The van der Waals surface area contributed by atoms with E-state index in [1.807, 2.05) is 41.3 Å². The number of urea groups is 1. The van der Waals surface area contributed by atoms with Crippen LogP contribution in [0.15, 0.2) is 48.5 Å². The number of halogens is 1. The maximum Gasteiger partial charge on any atom is 0.324 e. The standard InChI is InChI=1S/C28H36ClN3O2/c29-23-7-3-6-22(18-23)28(20-30)14-12-25(13-15-28)32-17-16-31(27(32)33)24-8-10-26(11-9-24)34-19-21-4-1-2-5-21/h3,6-11,18,21,25H,1-2,4-5,12-17,19-20,30H2. The lowest BCUT2D eigenvalue weighted by Crippen LogP contribution is -2.46. The van der Waals surface area contributed by atoms with Crippen molar-refractivity contribution < 1.29 is 9.53 Å². The van der Waals surface area contributed by atoms with Crippen LogP contribution in [0.5, 0.6) is 5.75 Å². The van der Waals surface area contributed by atoms with E-state index >= 15 is 0 Å². The normalized spacial score (nSPS) is 25.8. The van der Waals surface area contributed by atoms with Crippen LogP contribution in [0.2, 0.25) is 5.02 Å². The number of amides is 2. The fraction of sp³-hybridized carbons (Fsp3) is 0.536. The molecule has 2 aromatic carbocycles. The number of rotatable bonds is 7. The highest BCUT2D eigenvalue weighted by Crippen LogP contribution is 2.41. The smallest absolute Gasteiger partial charge is 0.324 e. The van der Waals surface area contributed by atoms with Gasteiger partial charge in [-0.1, -0.05) is 36.6 Å². The minimum Gasteiger partial charge on any atom is -0.493 e. The Morgan fingerprint density at radius 2 is 1.74 bits per heavy atom. The largest absolute Gasteiger partial charge is 0.493 e. The maximum atomic E-state index is 13.3.